The smallest absolute Gasteiger partial charge is 0.327 e. The van der Waals surface area contributed by atoms with Crippen LogP contribution in [0.1, 0.15) is 44.1 Å². The number of aryl methyl sites for hydroxylation is 1. The van der Waals surface area contributed by atoms with Gasteiger partial charge >= 0.3 is 5.97 Å². The lowest BCUT2D eigenvalue weighted by Gasteiger charge is -2.27. The number of benzene rings is 1. The molecule has 0 aromatic heterocycles. The van der Waals surface area contributed by atoms with Crippen LogP contribution in [0, 0.1) is 17.7 Å². The minimum absolute atomic E-state index is 0.173. The molecule has 1 N–H and O–H groups in total. The number of hydrogen-bond acceptors (Lipinski definition) is 1. The molecule has 0 amide bonds. The summed E-state index contributed by atoms with van der Waals surface area (Å²) in [6.07, 6.45) is 11.0. The second kappa shape index (κ2) is 7.96. The van der Waals surface area contributed by atoms with Crippen LogP contribution in [0.25, 0.3) is 0 Å². The summed E-state index contributed by atoms with van der Waals surface area (Å²) in [5, 5.41) is 8.57. The molecule has 1 aliphatic carbocycles. The van der Waals surface area contributed by atoms with E-state index in [1.165, 1.54) is 55.9 Å². The first-order chi connectivity index (χ1) is 10.1. The summed E-state index contributed by atoms with van der Waals surface area (Å²) in [5.74, 6) is 0.370. The fraction of sp³-hybridized carbons (Fsp3) is 0.500. The van der Waals surface area contributed by atoms with Crippen molar-refractivity contribution in [2.45, 2.75) is 44.9 Å². The highest BCUT2D eigenvalue weighted by Crippen LogP contribution is 2.33. The molecular weight excluding hydrogens is 267 g/mol. The lowest BCUT2D eigenvalue weighted by atomic mass is 9.78. The Bertz CT molecular complexity index is 470. The first-order valence-electron chi connectivity index (χ1n) is 7.77. The van der Waals surface area contributed by atoms with E-state index in [0.29, 0.717) is 5.92 Å². The van der Waals surface area contributed by atoms with Crippen LogP contribution in [0.2, 0.25) is 0 Å². The highest BCUT2D eigenvalue weighted by molar-refractivity contribution is 5.79. The number of aliphatic carboxylic acids is 1. The molecule has 0 unspecified atom stereocenters. The first-order valence-corrected chi connectivity index (χ1v) is 7.77. The third kappa shape index (κ3) is 5.70. The normalized spacial score (nSPS) is 22.5. The Hall–Kier alpha value is -1.64. The summed E-state index contributed by atoms with van der Waals surface area (Å²) in [7, 11) is 0. The number of hydrogen-bond donors (Lipinski definition) is 1. The van der Waals surface area contributed by atoms with Crippen LogP contribution < -0.4 is 0 Å². The molecule has 1 fully saturated rings. The van der Waals surface area contributed by atoms with Crippen LogP contribution in [-0.4, -0.2) is 11.1 Å². The van der Waals surface area contributed by atoms with Crippen LogP contribution in [-0.2, 0) is 11.2 Å². The molecule has 2 rings (SSSR count). The zero-order valence-electron chi connectivity index (χ0n) is 12.3. The Morgan fingerprint density at radius 1 is 1.14 bits per heavy atom. The number of allylic oxidation sites excluding steroid dienone is 1. The average Bonchev–Trinajstić information content (AvgIpc) is 2.48. The second-order valence-electron chi connectivity index (χ2n) is 6.03. The molecular formula is C18H23FO2. The van der Waals surface area contributed by atoms with Crippen LogP contribution in [0.3, 0.4) is 0 Å². The highest BCUT2D eigenvalue weighted by Gasteiger charge is 2.20. The largest absolute Gasteiger partial charge is 0.478 e. The molecule has 2 nitrogen and oxygen atoms in total. The molecule has 1 saturated carbocycles. The van der Waals surface area contributed by atoms with E-state index in [-0.39, 0.29) is 5.82 Å². The molecule has 0 spiro atoms. The quantitative estimate of drug-likeness (QED) is 0.778. The summed E-state index contributed by atoms with van der Waals surface area (Å²) < 4.78 is 12.8. The van der Waals surface area contributed by atoms with Gasteiger partial charge in [0.2, 0.25) is 0 Å². The zero-order valence-corrected chi connectivity index (χ0v) is 12.3. The number of rotatable bonds is 6. The van der Waals surface area contributed by atoms with Gasteiger partial charge in [-0.2, -0.15) is 0 Å². The van der Waals surface area contributed by atoms with E-state index in [0.717, 1.165) is 18.8 Å². The Balaban J connectivity index is 1.67. The van der Waals surface area contributed by atoms with Crippen molar-refractivity contribution in [3.8, 4) is 0 Å². The Morgan fingerprint density at radius 2 is 1.76 bits per heavy atom. The van der Waals surface area contributed by atoms with Crippen molar-refractivity contribution < 1.29 is 14.3 Å². The lowest BCUT2D eigenvalue weighted by molar-refractivity contribution is -0.131. The van der Waals surface area contributed by atoms with Crippen molar-refractivity contribution in [2.75, 3.05) is 0 Å². The van der Waals surface area contributed by atoms with Crippen molar-refractivity contribution in [3.63, 3.8) is 0 Å². The van der Waals surface area contributed by atoms with E-state index in [1.54, 1.807) is 6.08 Å². The van der Waals surface area contributed by atoms with Crippen LogP contribution >= 0.6 is 0 Å². The molecule has 1 aromatic carbocycles. The monoisotopic (exact) mass is 290 g/mol. The summed E-state index contributed by atoms with van der Waals surface area (Å²) in [5.41, 5.74) is 1.21. The molecule has 0 atom stereocenters. The van der Waals surface area contributed by atoms with Crippen LogP contribution in [0.15, 0.2) is 36.4 Å². The molecule has 0 saturated heterocycles. The number of carboxylic acid groups (broad SMARTS) is 1. The lowest BCUT2D eigenvalue weighted by Crippen LogP contribution is -2.14. The molecule has 114 valence electrons. The van der Waals surface area contributed by atoms with Gasteiger partial charge in [-0.1, -0.05) is 31.1 Å². The van der Waals surface area contributed by atoms with Gasteiger partial charge in [-0.3, -0.25) is 0 Å². The summed E-state index contributed by atoms with van der Waals surface area (Å²) >= 11 is 0. The van der Waals surface area contributed by atoms with E-state index in [4.69, 9.17) is 5.11 Å². The summed E-state index contributed by atoms with van der Waals surface area (Å²) in [6, 6.07) is 6.80. The van der Waals surface area contributed by atoms with E-state index in [2.05, 4.69) is 0 Å². The van der Waals surface area contributed by atoms with Gasteiger partial charge in [0.1, 0.15) is 5.82 Å². The second-order valence-corrected chi connectivity index (χ2v) is 6.03. The molecule has 0 radical (unpaired) electrons. The maximum Gasteiger partial charge on any atom is 0.327 e. The van der Waals surface area contributed by atoms with E-state index >= 15 is 0 Å². The minimum Gasteiger partial charge on any atom is -0.478 e. The van der Waals surface area contributed by atoms with Gasteiger partial charge in [-0.05, 0) is 61.6 Å². The fourth-order valence-electron chi connectivity index (χ4n) is 3.14. The Morgan fingerprint density at radius 3 is 2.38 bits per heavy atom. The van der Waals surface area contributed by atoms with Gasteiger partial charge in [-0.25, -0.2) is 9.18 Å². The SMILES string of the molecule is O=C(O)/C=C/C[C@H]1CC[C@H](CCc2ccc(F)cc2)CC1. The number of carboxylic acids is 1. The van der Waals surface area contributed by atoms with Gasteiger partial charge in [0.05, 0.1) is 0 Å². The van der Waals surface area contributed by atoms with Gasteiger partial charge in [0.25, 0.3) is 0 Å². The summed E-state index contributed by atoms with van der Waals surface area (Å²) in [4.78, 5) is 10.4. The van der Waals surface area contributed by atoms with Gasteiger partial charge in [0, 0.05) is 6.08 Å². The molecule has 1 aliphatic rings. The predicted molar refractivity (Wildman–Crippen MR) is 81.6 cm³/mol. The highest BCUT2D eigenvalue weighted by atomic mass is 19.1. The van der Waals surface area contributed by atoms with Crippen molar-refractivity contribution in [1.82, 2.24) is 0 Å². The molecule has 21 heavy (non-hydrogen) atoms. The Labute approximate surface area is 125 Å². The molecule has 3 heteroatoms. The van der Waals surface area contributed by atoms with Crippen LogP contribution in [0.5, 0.6) is 0 Å². The van der Waals surface area contributed by atoms with Crippen molar-refractivity contribution in [1.29, 1.82) is 0 Å². The van der Waals surface area contributed by atoms with E-state index in [1.807, 2.05) is 12.1 Å². The number of halogens is 1. The van der Waals surface area contributed by atoms with Gasteiger partial charge < -0.3 is 5.11 Å². The topological polar surface area (TPSA) is 37.3 Å². The van der Waals surface area contributed by atoms with Crippen molar-refractivity contribution in [3.05, 3.63) is 47.8 Å². The van der Waals surface area contributed by atoms with Gasteiger partial charge in [0.15, 0.2) is 0 Å². The maximum absolute atomic E-state index is 12.8. The summed E-state index contributed by atoms with van der Waals surface area (Å²) in [6.45, 7) is 0. The standard InChI is InChI=1S/C18H23FO2/c19-17-12-10-16(11-13-17)9-8-15-6-4-14(5-7-15)2-1-3-18(20)21/h1,3,10-15H,2,4-9H2,(H,20,21)/b3-1+/t14-,15-. The van der Waals surface area contributed by atoms with E-state index < -0.39 is 5.97 Å². The third-order valence-electron chi connectivity index (χ3n) is 4.45. The molecule has 0 aliphatic heterocycles. The maximum atomic E-state index is 12.8. The van der Waals surface area contributed by atoms with Crippen molar-refractivity contribution in [2.24, 2.45) is 11.8 Å². The molecule has 0 heterocycles. The predicted octanol–water partition coefficient (Wildman–Crippen LogP) is 4.60. The number of carbonyl (C=O) groups is 1. The fourth-order valence-corrected chi connectivity index (χ4v) is 3.14. The average molecular weight is 290 g/mol. The minimum atomic E-state index is -0.858. The van der Waals surface area contributed by atoms with Crippen molar-refractivity contribution >= 4 is 5.97 Å². The van der Waals surface area contributed by atoms with Gasteiger partial charge in [-0.15, -0.1) is 0 Å². The molecule has 1 aromatic rings. The molecule has 0 bridgehead atoms. The Kier molecular flexibility index (Phi) is 5.97. The zero-order chi connectivity index (χ0) is 15.1. The van der Waals surface area contributed by atoms with E-state index in [9.17, 15) is 9.18 Å². The first kappa shape index (κ1) is 15.7. The van der Waals surface area contributed by atoms with Crippen LogP contribution in [0.4, 0.5) is 4.39 Å². The third-order valence-corrected chi connectivity index (χ3v) is 4.45.